The molecule has 0 spiro atoms. The van der Waals surface area contributed by atoms with Crippen LogP contribution in [0.1, 0.15) is 18.0 Å². The number of halogens is 2. The van der Waals surface area contributed by atoms with Gasteiger partial charge in [-0.2, -0.15) is 8.78 Å². The third-order valence-electron chi connectivity index (χ3n) is 2.97. The molecule has 1 fully saturated rings. The Balaban J connectivity index is 2.07. The number of nitrogens with one attached hydrogen (secondary N) is 1. The zero-order valence-corrected chi connectivity index (χ0v) is 9.48. The Morgan fingerprint density at radius 3 is 2.89 bits per heavy atom. The second kappa shape index (κ2) is 5.30. The fraction of sp³-hybridized carbons (Fsp3) is 0.417. The zero-order valence-electron chi connectivity index (χ0n) is 9.48. The van der Waals surface area contributed by atoms with E-state index in [0.29, 0.717) is 13.0 Å². The summed E-state index contributed by atoms with van der Waals surface area (Å²) < 4.78 is 28.5. The van der Waals surface area contributed by atoms with Crippen LogP contribution in [0.15, 0.2) is 24.3 Å². The molecule has 1 aliphatic rings. The summed E-state index contributed by atoms with van der Waals surface area (Å²) in [7, 11) is 0. The Labute approximate surface area is 103 Å². The summed E-state index contributed by atoms with van der Waals surface area (Å²) in [6.07, 6.45) is 0.452. The highest BCUT2D eigenvalue weighted by Gasteiger charge is 2.30. The first-order valence-corrected chi connectivity index (χ1v) is 5.57. The van der Waals surface area contributed by atoms with E-state index in [2.05, 4.69) is 10.1 Å². The van der Waals surface area contributed by atoms with Crippen molar-refractivity contribution in [3.8, 4) is 5.75 Å². The average molecular weight is 257 g/mol. The minimum Gasteiger partial charge on any atom is -0.481 e. The average Bonchev–Trinajstić information content (AvgIpc) is 2.77. The third kappa shape index (κ3) is 2.95. The van der Waals surface area contributed by atoms with Crippen molar-refractivity contribution in [1.82, 2.24) is 5.32 Å². The van der Waals surface area contributed by atoms with Gasteiger partial charge >= 0.3 is 12.6 Å². The maximum absolute atomic E-state index is 12.1. The summed E-state index contributed by atoms with van der Waals surface area (Å²) in [4.78, 5) is 10.8. The second-order valence-electron chi connectivity index (χ2n) is 4.18. The highest BCUT2D eigenvalue weighted by atomic mass is 19.3. The van der Waals surface area contributed by atoms with Crippen LogP contribution in [0, 0.1) is 5.92 Å². The van der Waals surface area contributed by atoms with Crippen LogP contribution in [0.5, 0.6) is 5.75 Å². The molecule has 18 heavy (non-hydrogen) atoms. The van der Waals surface area contributed by atoms with Crippen molar-refractivity contribution in [3.05, 3.63) is 29.8 Å². The molecule has 4 nitrogen and oxygen atoms in total. The van der Waals surface area contributed by atoms with E-state index >= 15 is 0 Å². The molecule has 1 aromatic rings. The van der Waals surface area contributed by atoms with E-state index in [4.69, 9.17) is 5.11 Å². The van der Waals surface area contributed by atoms with E-state index in [9.17, 15) is 13.6 Å². The molecule has 0 aromatic heterocycles. The van der Waals surface area contributed by atoms with Gasteiger partial charge in [-0.15, -0.1) is 0 Å². The molecule has 1 saturated heterocycles. The fourth-order valence-corrected chi connectivity index (χ4v) is 2.09. The lowest BCUT2D eigenvalue weighted by atomic mass is 10.00. The Morgan fingerprint density at radius 1 is 1.50 bits per heavy atom. The molecule has 6 heteroatoms. The predicted molar refractivity (Wildman–Crippen MR) is 59.6 cm³/mol. The third-order valence-corrected chi connectivity index (χ3v) is 2.97. The zero-order chi connectivity index (χ0) is 13.1. The maximum atomic E-state index is 12.1. The van der Waals surface area contributed by atoms with Gasteiger partial charge in [0.2, 0.25) is 0 Å². The van der Waals surface area contributed by atoms with E-state index in [1.807, 2.05) is 0 Å². The lowest BCUT2D eigenvalue weighted by molar-refractivity contribution is -0.141. The normalized spacial score (nSPS) is 23.3. The van der Waals surface area contributed by atoms with Crippen molar-refractivity contribution in [2.45, 2.75) is 19.1 Å². The van der Waals surface area contributed by atoms with Crippen LogP contribution < -0.4 is 10.1 Å². The fourth-order valence-electron chi connectivity index (χ4n) is 2.09. The summed E-state index contributed by atoms with van der Waals surface area (Å²) in [5.74, 6) is -1.19. The van der Waals surface area contributed by atoms with Crippen LogP contribution in [-0.2, 0) is 4.79 Å². The second-order valence-corrected chi connectivity index (χ2v) is 4.18. The lowest BCUT2D eigenvalue weighted by Gasteiger charge is -2.12. The minimum atomic E-state index is -2.86. The molecule has 0 radical (unpaired) electrons. The topological polar surface area (TPSA) is 58.6 Å². The number of benzene rings is 1. The van der Waals surface area contributed by atoms with Crippen LogP contribution in [-0.4, -0.2) is 24.2 Å². The van der Waals surface area contributed by atoms with Crippen molar-refractivity contribution < 1.29 is 23.4 Å². The summed E-state index contributed by atoms with van der Waals surface area (Å²) in [6.45, 7) is -2.47. The van der Waals surface area contributed by atoms with Gasteiger partial charge in [0.25, 0.3) is 0 Å². The number of alkyl halides is 2. The predicted octanol–water partition coefficient (Wildman–Crippen LogP) is 2.02. The molecule has 0 bridgehead atoms. The van der Waals surface area contributed by atoms with Gasteiger partial charge in [0, 0.05) is 12.6 Å². The van der Waals surface area contributed by atoms with Gasteiger partial charge in [0.15, 0.2) is 0 Å². The standard InChI is InChI=1S/C12H13F2NO3/c13-12(14)18-9-3-1-2-7(4-9)10-5-8(6-15-10)11(16)17/h1-4,8,10,12,15H,5-6H2,(H,16,17). The molecule has 2 rings (SSSR count). The summed E-state index contributed by atoms with van der Waals surface area (Å²) >= 11 is 0. The van der Waals surface area contributed by atoms with Crippen LogP contribution in [0.25, 0.3) is 0 Å². The molecule has 2 atom stereocenters. The SMILES string of the molecule is O=C(O)C1CNC(c2cccc(OC(F)F)c2)C1. The van der Waals surface area contributed by atoms with Gasteiger partial charge in [0.05, 0.1) is 5.92 Å². The van der Waals surface area contributed by atoms with Crippen molar-refractivity contribution in [2.75, 3.05) is 6.54 Å². The molecule has 1 heterocycles. The number of ether oxygens (including phenoxy) is 1. The Morgan fingerprint density at radius 2 is 2.28 bits per heavy atom. The molecule has 1 aromatic carbocycles. The van der Waals surface area contributed by atoms with Gasteiger partial charge in [-0.25, -0.2) is 0 Å². The van der Waals surface area contributed by atoms with Gasteiger partial charge < -0.3 is 15.2 Å². The lowest BCUT2D eigenvalue weighted by Crippen LogP contribution is -2.17. The van der Waals surface area contributed by atoms with Crippen molar-refractivity contribution >= 4 is 5.97 Å². The molecular formula is C12H13F2NO3. The quantitative estimate of drug-likeness (QED) is 0.866. The van der Waals surface area contributed by atoms with Crippen molar-refractivity contribution in [1.29, 1.82) is 0 Å². The maximum Gasteiger partial charge on any atom is 0.387 e. The monoisotopic (exact) mass is 257 g/mol. The van der Waals surface area contributed by atoms with Crippen LogP contribution in [0.3, 0.4) is 0 Å². The number of aliphatic carboxylic acids is 1. The van der Waals surface area contributed by atoms with Crippen LogP contribution >= 0.6 is 0 Å². The van der Waals surface area contributed by atoms with E-state index in [1.165, 1.54) is 12.1 Å². The van der Waals surface area contributed by atoms with E-state index in [1.54, 1.807) is 12.1 Å². The van der Waals surface area contributed by atoms with Gasteiger partial charge in [-0.05, 0) is 24.1 Å². The molecule has 1 aliphatic heterocycles. The first kappa shape index (κ1) is 12.8. The van der Waals surface area contributed by atoms with E-state index in [0.717, 1.165) is 5.56 Å². The number of carbonyl (C=O) groups is 1. The van der Waals surface area contributed by atoms with Crippen molar-refractivity contribution in [2.24, 2.45) is 5.92 Å². The summed E-state index contributed by atoms with van der Waals surface area (Å²) in [5, 5.41) is 11.9. The first-order chi connectivity index (χ1) is 8.56. The summed E-state index contributed by atoms with van der Waals surface area (Å²) in [5.41, 5.74) is 0.761. The van der Waals surface area contributed by atoms with Crippen LogP contribution in [0.2, 0.25) is 0 Å². The first-order valence-electron chi connectivity index (χ1n) is 5.57. The Kier molecular flexibility index (Phi) is 3.76. The molecule has 98 valence electrons. The molecule has 0 amide bonds. The van der Waals surface area contributed by atoms with E-state index < -0.39 is 18.5 Å². The molecule has 0 saturated carbocycles. The molecular weight excluding hydrogens is 244 g/mol. The number of carboxylic acid groups (broad SMARTS) is 1. The Hall–Kier alpha value is -1.69. The molecule has 2 unspecified atom stereocenters. The van der Waals surface area contributed by atoms with Crippen LogP contribution in [0.4, 0.5) is 8.78 Å². The highest BCUT2D eigenvalue weighted by molar-refractivity contribution is 5.70. The number of hydrogen-bond donors (Lipinski definition) is 2. The van der Waals surface area contributed by atoms with Gasteiger partial charge in [0.1, 0.15) is 5.75 Å². The van der Waals surface area contributed by atoms with Gasteiger partial charge in [-0.1, -0.05) is 12.1 Å². The largest absolute Gasteiger partial charge is 0.481 e. The minimum absolute atomic E-state index is 0.0862. The van der Waals surface area contributed by atoms with E-state index in [-0.39, 0.29) is 11.8 Å². The Bertz CT molecular complexity index is 439. The van der Waals surface area contributed by atoms with Crippen molar-refractivity contribution in [3.63, 3.8) is 0 Å². The highest BCUT2D eigenvalue weighted by Crippen LogP contribution is 2.29. The summed E-state index contributed by atoms with van der Waals surface area (Å²) in [6, 6.07) is 6.20. The van der Waals surface area contributed by atoms with Gasteiger partial charge in [-0.3, -0.25) is 4.79 Å². The number of carboxylic acids is 1. The molecule has 2 N–H and O–H groups in total. The smallest absolute Gasteiger partial charge is 0.387 e. The molecule has 0 aliphatic carbocycles. The number of rotatable bonds is 4. The number of hydrogen-bond acceptors (Lipinski definition) is 3.